The molecule has 1 fully saturated rings. The fourth-order valence-corrected chi connectivity index (χ4v) is 4.95. The molecule has 0 saturated carbocycles. The van der Waals surface area contributed by atoms with Crippen LogP contribution in [0.1, 0.15) is 27.1 Å². The zero-order valence-electron chi connectivity index (χ0n) is 15.0. The number of thiophene rings is 1. The van der Waals surface area contributed by atoms with Crippen LogP contribution in [0, 0.1) is 13.8 Å². The van der Waals surface area contributed by atoms with E-state index in [0.717, 1.165) is 15.4 Å². The van der Waals surface area contributed by atoms with Gasteiger partial charge in [0.1, 0.15) is 11.8 Å². The maximum absolute atomic E-state index is 12.9. The van der Waals surface area contributed by atoms with Crippen molar-refractivity contribution in [1.29, 1.82) is 0 Å². The predicted molar refractivity (Wildman–Crippen MR) is 112 cm³/mol. The van der Waals surface area contributed by atoms with E-state index in [0.29, 0.717) is 15.7 Å². The molecule has 1 amide bonds. The Balaban J connectivity index is 1.92. The highest BCUT2D eigenvalue weighted by molar-refractivity contribution is 7.16. The van der Waals surface area contributed by atoms with Gasteiger partial charge >= 0.3 is 5.91 Å². The Morgan fingerprint density at radius 3 is 2.46 bits per heavy atom. The summed E-state index contributed by atoms with van der Waals surface area (Å²) in [4.78, 5) is 33.4. The minimum absolute atomic E-state index is 0.0558. The normalized spacial score (nSPS) is 18.8. The highest BCUT2D eigenvalue weighted by atomic mass is 35.5. The van der Waals surface area contributed by atoms with E-state index in [1.165, 1.54) is 27.6 Å². The van der Waals surface area contributed by atoms with E-state index in [1.54, 1.807) is 24.3 Å². The molecule has 1 atom stereocenters. The van der Waals surface area contributed by atoms with E-state index in [9.17, 15) is 14.7 Å². The number of ketones is 1. The van der Waals surface area contributed by atoms with Gasteiger partial charge in [0.05, 0.1) is 11.3 Å². The monoisotopic (exact) mass is 430 g/mol. The lowest BCUT2D eigenvalue weighted by Crippen LogP contribution is -2.29. The molecule has 0 aliphatic carbocycles. The average Bonchev–Trinajstić information content (AvgIpc) is 3.36. The first-order valence-electron chi connectivity index (χ1n) is 8.43. The lowest BCUT2D eigenvalue weighted by molar-refractivity contribution is -0.132. The molecule has 8 heteroatoms. The molecule has 0 bridgehead atoms. The number of Topliss-reactive ketones (excluding diaryl/α,β-unsaturated/α-hetero) is 1. The van der Waals surface area contributed by atoms with Crippen LogP contribution >= 0.6 is 34.3 Å². The molecule has 0 spiro atoms. The van der Waals surface area contributed by atoms with Crippen LogP contribution in [0.4, 0.5) is 5.13 Å². The summed E-state index contributed by atoms with van der Waals surface area (Å²) in [6, 6.07) is 9.46. The molecule has 1 aromatic carbocycles. The van der Waals surface area contributed by atoms with Crippen molar-refractivity contribution >= 4 is 56.9 Å². The fraction of sp³-hybridized carbons (Fsp3) is 0.150. The molecule has 1 saturated heterocycles. The average molecular weight is 431 g/mol. The number of anilines is 1. The predicted octanol–water partition coefficient (Wildman–Crippen LogP) is 5.10. The van der Waals surface area contributed by atoms with Crippen LogP contribution in [-0.2, 0) is 9.59 Å². The molecule has 5 nitrogen and oxygen atoms in total. The van der Waals surface area contributed by atoms with Crippen molar-refractivity contribution in [1.82, 2.24) is 4.98 Å². The maximum Gasteiger partial charge on any atom is 0.301 e. The van der Waals surface area contributed by atoms with Crippen molar-refractivity contribution in [2.24, 2.45) is 0 Å². The van der Waals surface area contributed by atoms with Gasteiger partial charge in [0.25, 0.3) is 5.78 Å². The third-order valence-corrected chi connectivity index (χ3v) is 6.85. The Bertz CT molecular complexity index is 1080. The Morgan fingerprint density at radius 1 is 1.18 bits per heavy atom. The van der Waals surface area contributed by atoms with Crippen LogP contribution in [0.15, 0.2) is 47.4 Å². The van der Waals surface area contributed by atoms with Crippen LogP contribution in [0.25, 0.3) is 5.76 Å². The largest absolute Gasteiger partial charge is 0.507 e. The fourth-order valence-electron chi connectivity index (χ4n) is 3.07. The lowest BCUT2D eigenvalue weighted by Gasteiger charge is -2.21. The Kier molecular flexibility index (Phi) is 4.82. The van der Waals surface area contributed by atoms with Gasteiger partial charge in [-0.3, -0.25) is 14.5 Å². The van der Waals surface area contributed by atoms with E-state index in [-0.39, 0.29) is 11.3 Å². The molecule has 3 aromatic rings. The van der Waals surface area contributed by atoms with Crippen LogP contribution in [0.2, 0.25) is 5.02 Å². The van der Waals surface area contributed by atoms with Gasteiger partial charge in [-0.1, -0.05) is 17.7 Å². The standard InChI is InChI=1S/C20H15ClN2O3S2/c1-10-11(2)28-20(22-10)23-16(14-4-3-9-27-14)15(18(25)19(23)26)17(24)12-5-7-13(21)8-6-12/h3-9,16,24H,1-2H3/t16-/m0/s1. The molecule has 2 aromatic heterocycles. The van der Waals surface area contributed by atoms with E-state index in [1.807, 2.05) is 31.4 Å². The topological polar surface area (TPSA) is 70.5 Å². The molecular formula is C20H15ClN2O3S2. The quantitative estimate of drug-likeness (QED) is 0.356. The Hall–Kier alpha value is -2.48. The summed E-state index contributed by atoms with van der Waals surface area (Å²) in [5, 5.41) is 13.8. The van der Waals surface area contributed by atoms with Crippen molar-refractivity contribution in [2.75, 3.05) is 4.90 Å². The van der Waals surface area contributed by atoms with Crippen molar-refractivity contribution in [3.8, 4) is 0 Å². The summed E-state index contributed by atoms with van der Waals surface area (Å²) in [5.74, 6) is -1.64. The number of aryl methyl sites for hydroxylation is 2. The SMILES string of the molecule is Cc1nc(N2C(=O)C(=O)C(=C(O)c3ccc(Cl)cc3)[C@@H]2c2cccs2)sc1C. The zero-order valence-corrected chi connectivity index (χ0v) is 17.4. The van der Waals surface area contributed by atoms with Gasteiger partial charge in [0.15, 0.2) is 5.13 Å². The number of thiazole rings is 1. The van der Waals surface area contributed by atoms with Crippen molar-refractivity contribution in [3.05, 3.63) is 73.4 Å². The smallest absolute Gasteiger partial charge is 0.301 e. The van der Waals surface area contributed by atoms with Gasteiger partial charge in [-0.05, 0) is 49.6 Å². The number of aromatic nitrogens is 1. The van der Waals surface area contributed by atoms with Gasteiger partial charge in [0, 0.05) is 20.3 Å². The molecule has 1 aliphatic heterocycles. The second-order valence-electron chi connectivity index (χ2n) is 6.33. The van der Waals surface area contributed by atoms with Crippen LogP contribution < -0.4 is 4.90 Å². The number of carbonyl (C=O) groups excluding carboxylic acids is 2. The van der Waals surface area contributed by atoms with E-state index < -0.39 is 17.7 Å². The third kappa shape index (κ3) is 3.05. The highest BCUT2D eigenvalue weighted by Gasteiger charge is 2.48. The summed E-state index contributed by atoms with van der Waals surface area (Å²) in [6.07, 6.45) is 0. The molecule has 28 heavy (non-hydrogen) atoms. The Morgan fingerprint density at radius 2 is 1.89 bits per heavy atom. The van der Waals surface area contributed by atoms with Crippen molar-refractivity contribution in [2.45, 2.75) is 19.9 Å². The number of carbonyl (C=O) groups is 2. The second-order valence-corrected chi connectivity index (χ2v) is 8.93. The minimum Gasteiger partial charge on any atom is -0.507 e. The molecule has 4 rings (SSSR count). The molecule has 0 radical (unpaired) electrons. The number of hydrogen-bond donors (Lipinski definition) is 1. The van der Waals surface area contributed by atoms with Crippen molar-refractivity contribution < 1.29 is 14.7 Å². The van der Waals surface area contributed by atoms with Crippen LogP contribution in [0.5, 0.6) is 0 Å². The summed E-state index contributed by atoms with van der Waals surface area (Å²) < 4.78 is 0. The number of hydrogen-bond acceptors (Lipinski definition) is 6. The molecular weight excluding hydrogens is 416 g/mol. The third-order valence-electron chi connectivity index (χ3n) is 4.60. The van der Waals surface area contributed by atoms with Crippen molar-refractivity contribution in [3.63, 3.8) is 0 Å². The number of benzene rings is 1. The Labute approximate surface area is 174 Å². The van der Waals surface area contributed by atoms with E-state index >= 15 is 0 Å². The summed E-state index contributed by atoms with van der Waals surface area (Å²) in [5.41, 5.74) is 1.29. The maximum atomic E-state index is 12.9. The molecule has 1 aliphatic rings. The first-order chi connectivity index (χ1) is 13.4. The summed E-state index contributed by atoms with van der Waals surface area (Å²) in [6.45, 7) is 3.78. The van der Waals surface area contributed by atoms with Gasteiger partial charge in [-0.15, -0.1) is 22.7 Å². The lowest BCUT2D eigenvalue weighted by atomic mass is 10.00. The number of nitrogens with zero attached hydrogens (tertiary/aromatic N) is 2. The second kappa shape index (κ2) is 7.16. The van der Waals surface area contributed by atoms with Gasteiger partial charge in [-0.25, -0.2) is 4.98 Å². The number of rotatable bonds is 3. The summed E-state index contributed by atoms with van der Waals surface area (Å²) >= 11 is 8.70. The van der Waals surface area contributed by atoms with E-state index in [4.69, 9.17) is 11.6 Å². The zero-order chi connectivity index (χ0) is 20.0. The molecule has 0 unspecified atom stereocenters. The summed E-state index contributed by atoms with van der Waals surface area (Å²) in [7, 11) is 0. The van der Waals surface area contributed by atoms with Gasteiger partial charge in [-0.2, -0.15) is 0 Å². The molecule has 1 N–H and O–H groups in total. The van der Waals surface area contributed by atoms with Crippen LogP contribution in [-0.4, -0.2) is 21.8 Å². The molecule has 3 heterocycles. The molecule has 142 valence electrons. The minimum atomic E-state index is -0.726. The number of aliphatic hydroxyl groups is 1. The van der Waals surface area contributed by atoms with Gasteiger partial charge in [0.2, 0.25) is 0 Å². The first kappa shape index (κ1) is 18.9. The van der Waals surface area contributed by atoms with Gasteiger partial charge < -0.3 is 5.11 Å². The first-order valence-corrected chi connectivity index (χ1v) is 10.5. The number of amides is 1. The number of aliphatic hydroxyl groups excluding tert-OH is 1. The highest BCUT2D eigenvalue weighted by Crippen LogP contribution is 2.44. The van der Waals surface area contributed by atoms with E-state index in [2.05, 4.69) is 4.98 Å². The number of halogens is 1. The van der Waals surface area contributed by atoms with Crippen LogP contribution in [0.3, 0.4) is 0 Å².